The lowest BCUT2D eigenvalue weighted by atomic mass is 9.90. The average molecular weight is 453 g/mol. The first-order valence-electron chi connectivity index (χ1n) is 13.3. The van der Waals surface area contributed by atoms with Gasteiger partial charge in [0.25, 0.3) is 11.8 Å². The van der Waals surface area contributed by atoms with Gasteiger partial charge in [0.05, 0.1) is 5.57 Å². The molecular weight excluding hydrogens is 408 g/mol. The molecule has 4 nitrogen and oxygen atoms in total. The minimum Gasteiger partial charge on any atom is -0.366 e. The molecule has 2 aliphatic rings. The Hall–Kier alpha value is -2.10. The number of piperidine rings is 1. The van der Waals surface area contributed by atoms with Crippen LogP contribution in [0.3, 0.4) is 0 Å². The lowest BCUT2D eigenvalue weighted by Crippen LogP contribution is -2.42. The first kappa shape index (κ1) is 25.5. The van der Waals surface area contributed by atoms with E-state index < -0.39 is 0 Å². The van der Waals surface area contributed by atoms with Crippen molar-refractivity contribution < 1.29 is 9.59 Å². The molecule has 1 saturated heterocycles. The van der Waals surface area contributed by atoms with Crippen LogP contribution in [0.15, 0.2) is 23.9 Å². The van der Waals surface area contributed by atoms with E-state index in [-0.39, 0.29) is 11.8 Å². The maximum absolute atomic E-state index is 13.6. The molecule has 0 aliphatic carbocycles. The van der Waals surface area contributed by atoms with Gasteiger partial charge in [0.2, 0.25) is 0 Å². The number of rotatable bonds is 11. The third-order valence-corrected chi connectivity index (χ3v) is 7.36. The van der Waals surface area contributed by atoms with Crippen LogP contribution >= 0.6 is 0 Å². The monoisotopic (exact) mass is 452 g/mol. The van der Waals surface area contributed by atoms with E-state index >= 15 is 0 Å². The molecule has 0 spiro atoms. The van der Waals surface area contributed by atoms with Gasteiger partial charge < -0.3 is 4.90 Å². The predicted octanol–water partition coefficient (Wildman–Crippen LogP) is 6.50. The highest BCUT2D eigenvalue weighted by Gasteiger charge is 2.42. The minimum absolute atomic E-state index is 0.0857. The SMILES string of the molecule is CCCCCCCCCCN1C(=O)C(c2ccc(C)c(C)c2)=C(N2CC(C)CC(C)C2)C1=O. The Labute approximate surface area is 201 Å². The van der Waals surface area contributed by atoms with Gasteiger partial charge in [-0.05, 0) is 55.2 Å². The van der Waals surface area contributed by atoms with Gasteiger partial charge >= 0.3 is 0 Å². The molecule has 0 N–H and O–H groups in total. The molecule has 0 radical (unpaired) electrons. The maximum Gasteiger partial charge on any atom is 0.277 e. The number of carbonyl (C=O) groups is 2. The molecule has 1 aromatic carbocycles. The van der Waals surface area contributed by atoms with Crippen LogP contribution in [0.25, 0.3) is 5.57 Å². The number of likely N-dealkylation sites (tertiary alicyclic amines) is 1. The molecule has 0 bridgehead atoms. The Balaban J connectivity index is 1.75. The van der Waals surface area contributed by atoms with Crippen molar-refractivity contribution in [2.24, 2.45) is 11.8 Å². The molecule has 0 aromatic heterocycles. The third kappa shape index (κ3) is 6.28. The zero-order chi connectivity index (χ0) is 24.0. The van der Waals surface area contributed by atoms with Crippen molar-refractivity contribution in [2.45, 2.75) is 92.4 Å². The summed E-state index contributed by atoms with van der Waals surface area (Å²) in [5.74, 6) is 0.850. The van der Waals surface area contributed by atoms with Gasteiger partial charge in [-0.2, -0.15) is 0 Å². The smallest absolute Gasteiger partial charge is 0.277 e. The second-order valence-corrected chi connectivity index (χ2v) is 10.6. The molecule has 33 heavy (non-hydrogen) atoms. The molecule has 3 rings (SSSR count). The summed E-state index contributed by atoms with van der Waals surface area (Å²) in [6.45, 7) is 13.1. The summed E-state index contributed by atoms with van der Waals surface area (Å²) in [5, 5.41) is 0. The molecule has 182 valence electrons. The fraction of sp³-hybridized carbons (Fsp3) is 0.655. The number of imide groups is 1. The van der Waals surface area contributed by atoms with Gasteiger partial charge in [0.15, 0.2) is 0 Å². The number of nitrogens with zero attached hydrogens (tertiary/aromatic N) is 2. The average Bonchev–Trinajstić information content (AvgIpc) is 3.01. The zero-order valence-electron chi connectivity index (χ0n) is 21.6. The molecule has 4 heteroatoms. The van der Waals surface area contributed by atoms with Crippen LogP contribution in [0.5, 0.6) is 0 Å². The summed E-state index contributed by atoms with van der Waals surface area (Å²) in [7, 11) is 0. The number of carbonyl (C=O) groups excluding carboxylic acids is 2. The normalized spacial score (nSPS) is 21.5. The van der Waals surface area contributed by atoms with E-state index in [1.54, 1.807) is 0 Å². The van der Waals surface area contributed by atoms with E-state index in [0.717, 1.165) is 37.1 Å². The molecule has 1 fully saturated rings. The Bertz CT molecular complexity index is 862. The number of aryl methyl sites for hydroxylation is 2. The largest absolute Gasteiger partial charge is 0.366 e. The molecule has 2 heterocycles. The van der Waals surface area contributed by atoms with Crippen LogP contribution in [0, 0.1) is 25.7 Å². The Morgan fingerprint density at radius 1 is 0.818 bits per heavy atom. The lowest BCUT2D eigenvalue weighted by Gasteiger charge is -2.37. The highest BCUT2D eigenvalue weighted by Crippen LogP contribution is 2.35. The molecule has 2 amide bonds. The second kappa shape index (κ2) is 11.9. The van der Waals surface area contributed by atoms with Gasteiger partial charge in [0, 0.05) is 19.6 Å². The van der Waals surface area contributed by atoms with Crippen molar-refractivity contribution in [1.29, 1.82) is 0 Å². The van der Waals surface area contributed by atoms with Gasteiger partial charge in [0.1, 0.15) is 5.70 Å². The van der Waals surface area contributed by atoms with E-state index in [1.165, 1.54) is 55.4 Å². The number of unbranched alkanes of at least 4 members (excludes halogenated alkanes) is 7. The van der Waals surface area contributed by atoms with Gasteiger partial charge in [-0.1, -0.05) is 83.9 Å². The second-order valence-electron chi connectivity index (χ2n) is 10.6. The number of hydrogen-bond donors (Lipinski definition) is 0. The topological polar surface area (TPSA) is 40.6 Å². The number of hydrogen-bond acceptors (Lipinski definition) is 3. The van der Waals surface area contributed by atoms with Crippen molar-refractivity contribution in [3.8, 4) is 0 Å². The van der Waals surface area contributed by atoms with Crippen LogP contribution < -0.4 is 0 Å². The summed E-state index contributed by atoms with van der Waals surface area (Å²) < 4.78 is 0. The summed E-state index contributed by atoms with van der Waals surface area (Å²) in [6.07, 6.45) is 10.8. The summed E-state index contributed by atoms with van der Waals surface area (Å²) >= 11 is 0. The summed E-state index contributed by atoms with van der Waals surface area (Å²) in [4.78, 5) is 30.9. The maximum atomic E-state index is 13.6. The molecule has 0 saturated carbocycles. The van der Waals surface area contributed by atoms with Crippen LogP contribution in [0.4, 0.5) is 0 Å². The third-order valence-electron chi connectivity index (χ3n) is 7.36. The van der Waals surface area contributed by atoms with Crippen molar-refractivity contribution in [2.75, 3.05) is 19.6 Å². The van der Waals surface area contributed by atoms with Crippen LogP contribution in [0.1, 0.15) is 95.2 Å². The van der Waals surface area contributed by atoms with E-state index in [4.69, 9.17) is 0 Å². The number of amides is 2. The Morgan fingerprint density at radius 3 is 2.03 bits per heavy atom. The number of benzene rings is 1. The fourth-order valence-electron chi connectivity index (χ4n) is 5.47. The van der Waals surface area contributed by atoms with Crippen molar-refractivity contribution in [1.82, 2.24) is 9.80 Å². The molecule has 2 atom stereocenters. The molecular formula is C29H44N2O2. The summed E-state index contributed by atoms with van der Waals surface area (Å²) in [6, 6.07) is 6.15. The summed E-state index contributed by atoms with van der Waals surface area (Å²) in [5.41, 5.74) is 4.50. The molecule has 2 unspecified atom stereocenters. The quantitative estimate of drug-likeness (QED) is 0.284. The van der Waals surface area contributed by atoms with E-state index in [2.05, 4.69) is 51.7 Å². The lowest BCUT2D eigenvalue weighted by molar-refractivity contribution is -0.137. The Kier molecular flexibility index (Phi) is 9.17. The Morgan fingerprint density at radius 2 is 1.42 bits per heavy atom. The van der Waals surface area contributed by atoms with Crippen LogP contribution in [-0.2, 0) is 9.59 Å². The highest BCUT2D eigenvalue weighted by atomic mass is 16.2. The van der Waals surface area contributed by atoms with E-state index in [0.29, 0.717) is 29.7 Å². The molecule has 2 aliphatic heterocycles. The van der Waals surface area contributed by atoms with Gasteiger partial charge in [-0.25, -0.2) is 0 Å². The predicted molar refractivity (Wildman–Crippen MR) is 137 cm³/mol. The fourth-order valence-corrected chi connectivity index (χ4v) is 5.47. The van der Waals surface area contributed by atoms with Crippen molar-refractivity contribution in [3.05, 3.63) is 40.6 Å². The van der Waals surface area contributed by atoms with Crippen LogP contribution in [0.2, 0.25) is 0 Å². The standard InChI is InChI=1S/C29H44N2O2/c1-6-7-8-9-10-11-12-13-16-31-28(32)26(25-15-14-23(4)24(5)18-25)27(29(31)33)30-19-21(2)17-22(3)20-30/h14-15,18,21-22H,6-13,16-17,19-20H2,1-5H3. The van der Waals surface area contributed by atoms with E-state index in [9.17, 15) is 9.59 Å². The highest BCUT2D eigenvalue weighted by molar-refractivity contribution is 6.35. The van der Waals surface area contributed by atoms with Crippen molar-refractivity contribution >= 4 is 17.4 Å². The van der Waals surface area contributed by atoms with Gasteiger partial charge in [-0.15, -0.1) is 0 Å². The van der Waals surface area contributed by atoms with Crippen molar-refractivity contribution in [3.63, 3.8) is 0 Å². The first-order chi connectivity index (χ1) is 15.8. The first-order valence-corrected chi connectivity index (χ1v) is 13.3. The van der Waals surface area contributed by atoms with E-state index in [1.807, 2.05) is 6.07 Å². The van der Waals surface area contributed by atoms with Gasteiger partial charge in [-0.3, -0.25) is 14.5 Å². The minimum atomic E-state index is -0.105. The molecule has 1 aromatic rings. The zero-order valence-corrected chi connectivity index (χ0v) is 21.6. The van der Waals surface area contributed by atoms with Crippen LogP contribution in [-0.4, -0.2) is 41.2 Å².